The summed E-state index contributed by atoms with van der Waals surface area (Å²) >= 11 is 4.45. The number of pyridine rings is 1. The van der Waals surface area contributed by atoms with E-state index in [1.54, 1.807) is 30.3 Å². The summed E-state index contributed by atoms with van der Waals surface area (Å²) in [5, 5.41) is 9.36. The molecule has 0 aliphatic rings. The lowest BCUT2D eigenvalue weighted by atomic mass is 10.1. The van der Waals surface area contributed by atoms with Crippen molar-refractivity contribution < 1.29 is 13.2 Å². The monoisotopic (exact) mass is 429 g/mol. The number of hydrogen-bond acceptors (Lipinski definition) is 4. The molecule has 0 aliphatic heterocycles. The minimum Gasteiger partial charge on any atom is -0.309 e. The molecule has 1 aromatic heterocycles. The van der Waals surface area contributed by atoms with E-state index >= 15 is 0 Å². The summed E-state index contributed by atoms with van der Waals surface area (Å²) in [6, 6.07) is 9.46. The molecule has 0 aliphatic carbocycles. The summed E-state index contributed by atoms with van der Waals surface area (Å²) in [5.41, 5.74) is -0.605. The van der Waals surface area contributed by atoms with Gasteiger partial charge in [-0.15, -0.1) is 11.8 Å². The van der Waals surface area contributed by atoms with Crippen molar-refractivity contribution in [3.63, 3.8) is 0 Å². The van der Waals surface area contributed by atoms with Crippen LogP contribution in [-0.4, -0.2) is 36.3 Å². The minimum absolute atomic E-state index is 0.108. The summed E-state index contributed by atoms with van der Waals surface area (Å²) in [6.45, 7) is 0.668. The molecule has 0 amide bonds. The van der Waals surface area contributed by atoms with Gasteiger partial charge < -0.3 is 4.90 Å². The van der Waals surface area contributed by atoms with Crippen LogP contribution in [-0.2, 0) is 6.18 Å². The van der Waals surface area contributed by atoms with Crippen LogP contribution in [0.3, 0.4) is 0 Å². The molecule has 0 radical (unpaired) electrons. The lowest BCUT2D eigenvalue weighted by Gasteiger charge is -2.15. The van der Waals surface area contributed by atoms with Gasteiger partial charge in [-0.25, -0.2) is 4.98 Å². The van der Waals surface area contributed by atoms with E-state index in [4.69, 9.17) is 0 Å². The molecule has 8 heteroatoms. The summed E-state index contributed by atoms with van der Waals surface area (Å²) in [5.74, 6) is 0.537. The number of benzene rings is 1. The van der Waals surface area contributed by atoms with Crippen LogP contribution in [0.15, 0.2) is 39.8 Å². The first-order valence-corrected chi connectivity index (χ1v) is 9.06. The molecule has 2 rings (SSSR count). The van der Waals surface area contributed by atoms with Gasteiger partial charge in [0.1, 0.15) is 11.1 Å². The number of thioether (sulfide) groups is 1. The Morgan fingerprint density at radius 2 is 1.88 bits per heavy atom. The van der Waals surface area contributed by atoms with Gasteiger partial charge in [-0.1, -0.05) is 28.1 Å². The lowest BCUT2D eigenvalue weighted by Crippen LogP contribution is -2.15. The third kappa shape index (κ3) is 5.21. The Bertz CT molecular complexity index is 783. The highest BCUT2D eigenvalue weighted by Crippen LogP contribution is 2.38. The number of nitriles is 1. The van der Waals surface area contributed by atoms with Crippen LogP contribution in [0, 0.1) is 11.3 Å². The second-order valence-corrected chi connectivity index (χ2v) is 7.50. The predicted molar refractivity (Wildman–Crippen MR) is 96.4 cm³/mol. The van der Waals surface area contributed by atoms with Crippen LogP contribution in [0.2, 0.25) is 0 Å². The van der Waals surface area contributed by atoms with Gasteiger partial charge in [0.15, 0.2) is 0 Å². The van der Waals surface area contributed by atoms with Gasteiger partial charge in [0, 0.05) is 22.3 Å². The second-order valence-electron chi connectivity index (χ2n) is 5.50. The van der Waals surface area contributed by atoms with Crippen LogP contribution >= 0.6 is 27.7 Å². The summed E-state index contributed by atoms with van der Waals surface area (Å²) in [6.07, 6.45) is -4.62. The Kier molecular flexibility index (Phi) is 6.49. The summed E-state index contributed by atoms with van der Waals surface area (Å²) < 4.78 is 41.1. The van der Waals surface area contributed by atoms with Crippen molar-refractivity contribution in [2.24, 2.45) is 0 Å². The molecule has 0 fully saturated rings. The van der Waals surface area contributed by atoms with Crippen LogP contribution in [0.1, 0.15) is 11.1 Å². The molecule has 0 N–H and O–H groups in total. The van der Waals surface area contributed by atoms with Gasteiger partial charge in [0.05, 0.1) is 16.8 Å². The van der Waals surface area contributed by atoms with E-state index in [0.29, 0.717) is 17.9 Å². The molecule has 0 atom stereocenters. The van der Waals surface area contributed by atoms with Crippen molar-refractivity contribution in [3.05, 3.63) is 45.9 Å². The molecule has 3 nitrogen and oxygen atoms in total. The first-order valence-electron chi connectivity index (χ1n) is 7.28. The zero-order valence-corrected chi connectivity index (χ0v) is 16.0. The molecule has 0 saturated carbocycles. The fourth-order valence-corrected chi connectivity index (χ4v) is 3.43. The number of halogens is 4. The van der Waals surface area contributed by atoms with Crippen LogP contribution in [0.25, 0.3) is 11.3 Å². The predicted octanol–water partition coefficient (Wildman–Crippen LogP) is 5.06. The molecule has 132 valence electrons. The molecule has 2 aromatic rings. The van der Waals surface area contributed by atoms with E-state index in [-0.39, 0.29) is 10.7 Å². The number of hydrogen-bond donors (Lipinski definition) is 0. The van der Waals surface area contributed by atoms with Gasteiger partial charge in [0.25, 0.3) is 0 Å². The van der Waals surface area contributed by atoms with Crippen LogP contribution in [0.4, 0.5) is 13.2 Å². The maximum Gasteiger partial charge on any atom is 0.417 e. The smallest absolute Gasteiger partial charge is 0.309 e. The van der Waals surface area contributed by atoms with Gasteiger partial charge in [-0.2, -0.15) is 18.4 Å². The summed E-state index contributed by atoms with van der Waals surface area (Å²) in [4.78, 5) is 6.24. The first-order chi connectivity index (χ1) is 11.7. The lowest BCUT2D eigenvalue weighted by molar-refractivity contribution is -0.138. The highest BCUT2D eigenvalue weighted by Gasteiger charge is 2.36. The largest absolute Gasteiger partial charge is 0.417 e. The Morgan fingerprint density at radius 3 is 2.40 bits per heavy atom. The van der Waals surface area contributed by atoms with Crippen LogP contribution in [0.5, 0.6) is 0 Å². The molecule has 0 saturated heterocycles. The van der Waals surface area contributed by atoms with Crippen molar-refractivity contribution in [2.45, 2.75) is 11.2 Å². The van der Waals surface area contributed by atoms with Gasteiger partial charge in [-0.05, 0) is 32.3 Å². The highest BCUT2D eigenvalue weighted by atomic mass is 79.9. The Hall–Kier alpha value is -1.56. The number of rotatable bonds is 5. The maximum absolute atomic E-state index is 13.4. The molecule has 0 bridgehead atoms. The number of aromatic nitrogens is 1. The molecule has 1 heterocycles. The third-order valence-electron chi connectivity index (χ3n) is 3.32. The first kappa shape index (κ1) is 19.8. The van der Waals surface area contributed by atoms with Crippen LogP contribution < -0.4 is 0 Å². The van der Waals surface area contributed by atoms with Crippen molar-refractivity contribution >= 4 is 27.7 Å². The average Bonchev–Trinajstić information content (AvgIpc) is 2.53. The Labute approximate surface area is 157 Å². The van der Waals surface area contributed by atoms with Gasteiger partial charge >= 0.3 is 6.18 Å². The maximum atomic E-state index is 13.4. The zero-order valence-electron chi connectivity index (χ0n) is 13.6. The quantitative estimate of drug-likeness (QED) is 0.623. The van der Waals surface area contributed by atoms with E-state index < -0.39 is 17.3 Å². The Morgan fingerprint density at radius 1 is 1.24 bits per heavy atom. The molecule has 1 aromatic carbocycles. The molecule has 0 spiro atoms. The van der Waals surface area contributed by atoms with Gasteiger partial charge in [0.2, 0.25) is 0 Å². The standard InChI is InChI=1S/C17H15BrF3N3S/c1-24(2)7-8-25-16-13(10-22)14(17(19,20)21)9-15(23-16)11-3-5-12(18)6-4-11/h3-6,9H,7-8H2,1-2H3. The van der Waals surface area contributed by atoms with Crippen molar-refractivity contribution in [3.8, 4) is 17.3 Å². The number of nitrogens with zero attached hydrogens (tertiary/aromatic N) is 3. The average molecular weight is 430 g/mol. The zero-order chi connectivity index (χ0) is 18.6. The highest BCUT2D eigenvalue weighted by molar-refractivity contribution is 9.10. The van der Waals surface area contributed by atoms with E-state index in [1.807, 2.05) is 19.0 Å². The van der Waals surface area contributed by atoms with E-state index in [1.165, 1.54) is 0 Å². The van der Waals surface area contributed by atoms with E-state index in [2.05, 4.69) is 20.9 Å². The topological polar surface area (TPSA) is 39.9 Å². The van der Waals surface area contributed by atoms with Gasteiger partial charge in [-0.3, -0.25) is 0 Å². The Balaban J connectivity index is 2.54. The molecule has 0 unspecified atom stereocenters. The van der Waals surface area contributed by atoms with E-state index in [0.717, 1.165) is 22.3 Å². The van der Waals surface area contributed by atoms with E-state index in [9.17, 15) is 18.4 Å². The minimum atomic E-state index is -4.62. The fraction of sp³-hybridized carbons (Fsp3) is 0.294. The molecular weight excluding hydrogens is 415 g/mol. The fourth-order valence-electron chi connectivity index (χ4n) is 2.05. The van der Waals surface area contributed by atoms with Crippen molar-refractivity contribution in [1.29, 1.82) is 5.26 Å². The normalized spacial score (nSPS) is 11.6. The molecule has 25 heavy (non-hydrogen) atoms. The number of alkyl halides is 3. The SMILES string of the molecule is CN(C)CCSc1nc(-c2ccc(Br)cc2)cc(C(F)(F)F)c1C#N. The summed E-state index contributed by atoms with van der Waals surface area (Å²) in [7, 11) is 3.75. The molecular formula is C17H15BrF3N3S. The third-order valence-corrected chi connectivity index (χ3v) is 4.80. The van der Waals surface area contributed by atoms with Crippen molar-refractivity contribution in [1.82, 2.24) is 9.88 Å². The second kappa shape index (κ2) is 8.21. The van der Waals surface area contributed by atoms with Crippen molar-refractivity contribution in [2.75, 3.05) is 26.4 Å².